The average molecular weight is 506 g/mol. The number of fused-ring (bicyclic) bond motifs is 1. The monoisotopic (exact) mass is 505 g/mol. The number of anilines is 1. The van der Waals surface area contributed by atoms with Gasteiger partial charge in [0.25, 0.3) is 0 Å². The summed E-state index contributed by atoms with van der Waals surface area (Å²) >= 11 is 7.74. The zero-order chi connectivity index (χ0) is 24.4. The molecule has 0 spiro atoms. The van der Waals surface area contributed by atoms with E-state index < -0.39 is 0 Å². The van der Waals surface area contributed by atoms with Gasteiger partial charge in [-0.25, -0.2) is 0 Å². The summed E-state index contributed by atoms with van der Waals surface area (Å²) in [5.74, 6) is 2.01. The summed E-state index contributed by atoms with van der Waals surface area (Å²) in [5.41, 5.74) is 4.83. The first-order chi connectivity index (χ1) is 17.1. The minimum Gasteiger partial charge on any atom is -0.493 e. The lowest BCUT2D eigenvalue weighted by Crippen LogP contribution is -2.22. The number of carbonyl (C=O) groups is 1. The van der Waals surface area contributed by atoms with Crippen molar-refractivity contribution in [2.45, 2.75) is 18.9 Å². The van der Waals surface area contributed by atoms with E-state index in [2.05, 4.69) is 16.8 Å². The van der Waals surface area contributed by atoms with Crippen molar-refractivity contribution in [2.24, 2.45) is 0 Å². The zero-order valence-corrected chi connectivity index (χ0v) is 20.9. The van der Waals surface area contributed by atoms with E-state index in [0.29, 0.717) is 29.5 Å². The van der Waals surface area contributed by atoms with Gasteiger partial charge in [-0.05, 0) is 53.1 Å². The molecule has 1 amide bonds. The number of hydrogen-bond acceptors (Lipinski definition) is 5. The highest BCUT2D eigenvalue weighted by Crippen LogP contribution is 2.48. The molecular weight excluding hydrogens is 482 g/mol. The largest absolute Gasteiger partial charge is 0.493 e. The van der Waals surface area contributed by atoms with Crippen LogP contribution in [-0.4, -0.2) is 20.1 Å². The standard InChI is InChI=1S/C28H24ClNO4S/c1-32-24-10-9-19(13-25(24)33-2)23-16-35-28-22(14-26(31)30-27(23)28)18-6-4-8-21(12-18)34-15-17-5-3-7-20(29)11-17/h3-13,16,22H,14-15H2,1-2H3,(H,30,31)/t22-/m0/s1. The SMILES string of the molecule is COc1ccc(-c2csc3c2NC(=O)C[C@H]3c2cccc(OCc3cccc(Cl)c3)c2)cc1OC. The Morgan fingerprint density at radius 1 is 1.00 bits per heavy atom. The number of halogens is 1. The van der Waals surface area contributed by atoms with Gasteiger partial charge in [0, 0.05) is 33.2 Å². The summed E-state index contributed by atoms with van der Waals surface area (Å²) in [6.07, 6.45) is 0.386. The Labute approximate surface area is 213 Å². The highest BCUT2D eigenvalue weighted by atomic mass is 35.5. The summed E-state index contributed by atoms with van der Waals surface area (Å²) in [5, 5.41) is 5.87. The molecule has 2 heterocycles. The Hall–Kier alpha value is -3.48. The van der Waals surface area contributed by atoms with Crippen molar-refractivity contribution >= 4 is 34.5 Å². The molecule has 0 aliphatic carbocycles. The second kappa shape index (κ2) is 10.0. The molecule has 5 nitrogen and oxygen atoms in total. The Balaban J connectivity index is 1.44. The summed E-state index contributed by atoms with van der Waals surface area (Å²) in [6, 6.07) is 21.4. The Morgan fingerprint density at radius 3 is 2.63 bits per heavy atom. The van der Waals surface area contributed by atoms with Gasteiger partial charge in [-0.1, -0.05) is 41.9 Å². The van der Waals surface area contributed by atoms with Crippen LogP contribution < -0.4 is 19.5 Å². The number of carbonyl (C=O) groups excluding carboxylic acids is 1. The molecule has 1 aliphatic rings. The molecule has 0 bridgehead atoms. The fourth-order valence-electron chi connectivity index (χ4n) is 4.33. The van der Waals surface area contributed by atoms with E-state index >= 15 is 0 Å². The van der Waals surface area contributed by atoms with Crippen molar-refractivity contribution in [2.75, 3.05) is 19.5 Å². The maximum atomic E-state index is 12.7. The third kappa shape index (κ3) is 4.85. The number of hydrogen-bond donors (Lipinski definition) is 1. The maximum absolute atomic E-state index is 12.7. The molecule has 0 saturated heterocycles. The van der Waals surface area contributed by atoms with Crippen LogP contribution in [0.3, 0.4) is 0 Å². The predicted octanol–water partition coefficient (Wildman–Crippen LogP) is 7.14. The quantitative estimate of drug-likeness (QED) is 0.290. The van der Waals surface area contributed by atoms with Crippen molar-refractivity contribution in [1.82, 2.24) is 0 Å². The zero-order valence-electron chi connectivity index (χ0n) is 19.3. The molecule has 4 aromatic rings. The van der Waals surface area contributed by atoms with Crippen molar-refractivity contribution in [3.05, 3.63) is 93.1 Å². The first-order valence-corrected chi connectivity index (χ1v) is 12.4. The van der Waals surface area contributed by atoms with Gasteiger partial charge in [-0.3, -0.25) is 4.79 Å². The molecule has 0 saturated carbocycles. The van der Waals surface area contributed by atoms with Crippen molar-refractivity contribution in [3.8, 4) is 28.4 Å². The second-order valence-corrected chi connectivity index (χ2v) is 9.60. The van der Waals surface area contributed by atoms with Gasteiger partial charge in [0.1, 0.15) is 12.4 Å². The van der Waals surface area contributed by atoms with Crippen LogP contribution in [0.5, 0.6) is 17.2 Å². The first-order valence-electron chi connectivity index (χ1n) is 11.2. The van der Waals surface area contributed by atoms with E-state index in [0.717, 1.165) is 38.6 Å². The van der Waals surface area contributed by atoms with E-state index in [-0.39, 0.29) is 11.8 Å². The van der Waals surface area contributed by atoms with Gasteiger partial charge in [0.05, 0.1) is 19.9 Å². The number of amides is 1. The third-order valence-corrected chi connectivity index (χ3v) is 7.37. The predicted molar refractivity (Wildman–Crippen MR) is 140 cm³/mol. The maximum Gasteiger partial charge on any atom is 0.225 e. The summed E-state index contributed by atoms with van der Waals surface area (Å²) in [4.78, 5) is 13.9. The van der Waals surface area contributed by atoms with Gasteiger partial charge in [0.15, 0.2) is 11.5 Å². The Bertz CT molecular complexity index is 1380. The molecule has 7 heteroatoms. The topological polar surface area (TPSA) is 56.8 Å². The van der Waals surface area contributed by atoms with E-state index in [1.807, 2.05) is 60.7 Å². The van der Waals surface area contributed by atoms with E-state index in [1.165, 1.54) is 0 Å². The van der Waals surface area contributed by atoms with E-state index in [9.17, 15) is 4.79 Å². The molecule has 0 unspecified atom stereocenters. The molecule has 0 radical (unpaired) electrons. The van der Waals surface area contributed by atoms with Gasteiger partial charge in [-0.15, -0.1) is 11.3 Å². The van der Waals surface area contributed by atoms with Gasteiger partial charge >= 0.3 is 0 Å². The molecule has 3 aromatic carbocycles. The smallest absolute Gasteiger partial charge is 0.225 e. The van der Waals surface area contributed by atoms with Crippen LogP contribution in [-0.2, 0) is 11.4 Å². The highest BCUT2D eigenvalue weighted by Gasteiger charge is 2.31. The molecule has 1 aliphatic heterocycles. The Kier molecular flexibility index (Phi) is 6.66. The number of ether oxygens (including phenoxy) is 3. The van der Waals surface area contributed by atoms with Gasteiger partial charge in [-0.2, -0.15) is 0 Å². The summed E-state index contributed by atoms with van der Waals surface area (Å²) in [7, 11) is 3.23. The molecule has 35 heavy (non-hydrogen) atoms. The fourth-order valence-corrected chi connectivity index (χ4v) is 5.70. The van der Waals surface area contributed by atoms with Crippen LogP contribution >= 0.6 is 22.9 Å². The normalized spacial score (nSPS) is 14.7. The van der Waals surface area contributed by atoms with E-state index in [1.54, 1.807) is 25.6 Å². The molecule has 5 rings (SSSR count). The highest BCUT2D eigenvalue weighted by molar-refractivity contribution is 7.11. The van der Waals surface area contributed by atoms with Gasteiger partial charge < -0.3 is 19.5 Å². The number of benzene rings is 3. The summed E-state index contributed by atoms with van der Waals surface area (Å²) in [6.45, 7) is 0.420. The average Bonchev–Trinajstić information content (AvgIpc) is 3.30. The van der Waals surface area contributed by atoms with E-state index in [4.69, 9.17) is 25.8 Å². The number of nitrogens with one attached hydrogen (secondary N) is 1. The molecule has 178 valence electrons. The van der Waals surface area contributed by atoms with Crippen LogP contribution in [0.1, 0.15) is 28.3 Å². The molecule has 1 atom stereocenters. The van der Waals surface area contributed by atoms with Crippen LogP contribution in [0, 0.1) is 0 Å². The second-order valence-electron chi connectivity index (χ2n) is 8.25. The van der Waals surface area contributed by atoms with Crippen molar-refractivity contribution in [3.63, 3.8) is 0 Å². The van der Waals surface area contributed by atoms with Crippen LogP contribution in [0.25, 0.3) is 11.1 Å². The number of methoxy groups -OCH3 is 2. The van der Waals surface area contributed by atoms with Crippen LogP contribution in [0.2, 0.25) is 5.02 Å². The van der Waals surface area contributed by atoms with Crippen molar-refractivity contribution in [1.29, 1.82) is 0 Å². The van der Waals surface area contributed by atoms with Crippen LogP contribution in [0.15, 0.2) is 72.1 Å². The molecule has 1 aromatic heterocycles. The fraction of sp³-hybridized carbons (Fsp3) is 0.179. The first kappa shape index (κ1) is 23.3. The third-order valence-electron chi connectivity index (χ3n) is 6.04. The molecule has 1 N–H and O–H groups in total. The number of rotatable bonds is 7. The number of thiophene rings is 1. The van der Waals surface area contributed by atoms with Crippen LogP contribution in [0.4, 0.5) is 5.69 Å². The Morgan fingerprint density at radius 2 is 1.83 bits per heavy atom. The molecule has 0 fully saturated rings. The lowest BCUT2D eigenvalue weighted by molar-refractivity contribution is -0.116. The molecular formula is C28H24ClNO4S. The summed E-state index contributed by atoms with van der Waals surface area (Å²) < 4.78 is 16.9. The lowest BCUT2D eigenvalue weighted by atomic mass is 9.89. The minimum absolute atomic E-state index is 0.00660. The van der Waals surface area contributed by atoms with Crippen molar-refractivity contribution < 1.29 is 19.0 Å². The van der Waals surface area contributed by atoms with Gasteiger partial charge in [0.2, 0.25) is 5.91 Å². The lowest BCUT2D eigenvalue weighted by Gasteiger charge is -2.24. The minimum atomic E-state index is -0.0487.